The number of benzene rings is 1. The number of carbonyl (C=O) groups is 3. The lowest BCUT2D eigenvalue weighted by atomic mass is 10.0. The molecule has 11 nitrogen and oxygen atoms in total. The van der Waals surface area contributed by atoms with Gasteiger partial charge in [-0.2, -0.15) is 0 Å². The minimum atomic E-state index is -0.762. The molecule has 3 aliphatic heterocycles. The molecule has 2 aromatic rings. The van der Waals surface area contributed by atoms with Gasteiger partial charge in [0, 0.05) is 45.3 Å². The molecule has 0 radical (unpaired) electrons. The van der Waals surface area contributed by atoms with Gasteiger partial charge in [-0.05, 0) is 32.2 Å². The molecule has 4 heterocycles. The number of hydrogen-bond donors (Lipinski definition) is 2. The van der Waals surface area contributed by atoms with Gasteiger partial charge >= 0.3 is 0 Å². The first kappa shape index (κ1) is 28.6. The third kappa shape index (κ3) is 5.17. The Hall–Kier alpha value is -3.90. The van der Waals surface area contributed by atoms with E-state index in [2.05, 4.69) is 16.9 Å². The van der Waals surface area contributed by atoms with E-state index in [4.69, 9.17) is 16.3 Å². The standard InChI is InChI=1S/C28H32ClFN6O5/c1-4-20(38)34-10-11-35-17(13-34)15-41-26-23(28(35)40)27(36-14-21(39)33(9-8-31-3)12-16(36)2)32-25(24(26)29)22-18(30)6-5-7-19(22)37/h4-7,16-17,31,37H,1,8-15H2,2-3H3/t16-,17+/m0/s1. The van der Waals surface area contributed by atoms with E-state index in [1.54, 1.807) is 19.6 Å². The molecule has 13 heteroatoms. The summed E-state index contributed by atoms with van der Waals surface area (Å²) < 4.78 is 21.2. The second-order valence-electron chi connectivity index (χ2n) is 10.3. The number of likely N-dealkylation sites (N-methyl/N-ethyl adjacent to an activating group) is 1. The lowest BCUT2D eigenvalue weighted by Gasteiger charge is -2.41. The molecule has 41 heavy (non-hydrogen) atoms. The quantitative estimate of drug-likeness (QED) is 0.492. The minimum Gasteiger partial charge on any atom is -0.507 e. The molecule has 0 spiro atoms. The van der Waals surface area contributed by atoms with Crippen LogP contribution < -0.4 is 15.0 Å². The summed E-state index contributed by atoms with van der Waals surface area (Å²) in [5.74, 6) is -1.86. The highest BCUT2D eigenvalue weighted by Gasteiger charge is 2.42. The van der Waals surface area contributed by atoms with Crippen LogP contribution in [0, 0.1) is 5.82 Å². The number of pyridine rings is 1. The van der Waals surface area contributed by atoms with Crippen LogP contribution in [0.2, 0.25) is 5.02 Å². The molecule has 0 bridgehead atoms. The predicted molar refractivity (Wildman–Crippen MR) is 151 cm³/mol. The number of fused-ring (bicyclic) bond motifs is 2. The van der Waals surface area contributed by atoms with Gasteiger partial charge in [0.1, 0.15) is 40.3 Å². The largest absolute Gasteiger partial charge is 0.507 e. The van der Waals surface area contributed by atoms with Gasteiger partial charge in [-0.3, -0.25) is 14.4 Å². The minimum absolute atomic E-state index is 0.00687. The van der Waals surface area contributed by atoms with Crippen molar-refractivity contribution in [3.63, 3.8) is 0 Å². The van der Waals surface area contributed by atoms with E-state index in [0.29, 0.717) is 26.2 Å². The molecular formula is C28H32ClFN6O5. The average Bonchev–Trinajstić information content (AvgIpc) is 3.10. The Balaban J connectivity index is 1.64. The zero-order valence-electron chi connectivity index (χ0n) is 22.9. The first-order valence-corrected chi connectivity index (χ1v) is 13.8. The van der Waals surface area contributed by atoms with Crippen molar-refractivity contribution in [3.05, 3.63) is 47.3 Å². The summed E-state index contributed by atoms with van der Waals surface area (Å²) in [5, 5.41) is 13.5. The summed E-state index contributed by atoms with van der Waals surface area (Å²) in [6, 6.07) is 3.08. The van der Waals surface area contributed by atoms with Gasteiger partial charge in [-0.25, -0.2) is 9.37 Å². The lowest BCUT2D eigenvalue weighted by Crippen LogP contribution is -2.58. The van der Waals surface area contributed by atoms with Crippen LogP contribution in [0.4, 0.5) is 10.2 Å². The summed E-state index contributed by atoms with van der Waals surface area (Å²) in [4.78, 5) is 51.0. The van der Waals surface area contributed by atoms with Crippen molar-refractivity contribution >= 4 is 35.1 Å². The Morgan fingerprint density at radius 1 is 1.27 bits per heavy atom. The number of nitrogens with zero attached hydrogens (tertiary/aromatic N) is 5. The summed E-state index contributed by atoms with van der Waals surface area (Å²) >= 11 is 6.78. The molecule has 1 aromatic carbocycles. The average molecular weight is 587 g/mol. The fourth-order valence-corrected chi connectivity index (χ4v) is 5.85. The number of piperazine rings is 2. The lowest BCUT2D eigenvalue weighted by molar-refractivity contribution is -0.131. The van der Waals surface area contributed by atoms with Crippen molar-refractivity contribution in [1.29, 1.82) is 0 Å². The van der Waals surface area contributed by atoms with Gasteiger partial charge in [0.15, 0.2) is 5.75 Å². The maximum Gasteiger partial charge on any atom is 0.261 e. The zero-order valence-corrected chi connectivity index (χ0v) is 23.7. The van der Waals surface area contributed by atoms with Gasteiger partial charge in [-0.1, -0.05) is 24.2 Å². The van der Waals surface area contributed by atoms with Gasteiger partial charge < -0.3 is 34.8 Å². The Bertz CT molecular complexity index is 1390. The molecule has 3 aliphatic rings. The molecule has 218 valence electrons. The topological polar surface area (TPSA) is 119 Å². The van der Waals surface area contributed by atoms with E-state index >= 15 is 4.39 Å². The van der Waals surface area contributed by atoms with Crippen molar-refractivity contribution in [2.45, 2.75) is 19.0 Å². The van der Waals surface area contributed by atoms with Crippen LogP contribution in [-0.4, -0.2) is 114 Å². The second kappa shape index (κ2) is 11.5. The number of ether oxygens (including phenoxy) is 1. The Labute approximate surface area is 242 Å². The summed E-state index contributed by atoms with van der Waals surface area (Å²) in [6.45, 7) is 7.68. The monoisotopic (exact) mass is 586 g/mol. The fourth-order valence-electron chi connectivity index (χ4n) is 5.56. The van der Waals surface area contributed by atoms with Crippen molar-refractivity contribution in [2.24, 2.45) is 0 Å². The van der Waals surface area contributed by atoms with Gasteiger partial charge in [0.05, 0.1) is 18.2 Å². The van der Waals surface area contributed by atoms with Crippen LogP contribution in [0.5, 0.6) is 11.5 Å². The van der Waals surface area contributed by atoms with Crippen LogP contribution in [0.1, 0.15) is 17.3 Å². The number of phenolic OH excluding ortho intramolecular Hbond substituents is 1. The number of carbonyl (C=O) groups excluding carboxylic acids is 3. The van der Waals surface area contributed by atoms with E-state index < -0.39 is 17.8 Å². The number of halogens is 2. The molecule has 2 N–H and O–H groups in total. The third-order valence-electron chi connectivity index (χ3n) is 7.75. The smallest absolute Gasteiger partial charge is 0.261 e. The molecule has 3 amide bonds. The predicted octanol–water partition coefficient (Wildman–Crippen LogP) is 1.73. The molecule has 0 saturated carbocycles. The number of phenols is 1. The number of aromatic hydroxyl groups is 1. The number of rotatable bonds is 6. The number of aromatic nitrogens is 1. The maximum atomic E-state index is 15.1. The number of amides is 3. The highest BCUT2D eigenvalue weighted by atomic mass is 35.5. The van der Waals surface area contributed by atoms with Crippen LogP contribution in [0.25, 0.3) is 11.3 Å². The van der Waals surface area contributed by atoms with E-state index in [1.807, 2.05) is 14.0 Å². The third-order valence-corrected chi connectivity index (χ3v) is 8.10. The Kier molecular flexibility index (Phi) is 8.05. The highest BCUT2D eigenvalue weighted by Crippen LogP contribution is 2.46. The first-order chi connectivity index (χ1) is 19.7. The molecule has 0 unspecified atom stereocenters. The van der Waals surface area contributed by atoms with Crippen molar-refractivity contribution in [2.75, 3.05) is 64.4 Å². The molecule has 1 aromatic heterocycles. The van der Waals surface area contributed by atoms with Crippen LogP contribution in [0.3, 0.4) is 0 Å². The fraction of sp³-hybridized carbons (Fsp3) is 0.429. The van der Waals surface area contributed by atoms with Crippen molar-refractivity contribution in [1.82, 2.24) is 25.0 Å². The van der Waals surface area contributed by atoms with Crippen LogP contribution in [-0.2, 0) is 9.59 Å². The summed E-state index contributed by atoms with van der Waals surface area (Å²) in [7, 11) is 1.81. The van der Waals surface area contributed by atoms with E-state index in [0.717, 1.165) is 0 Å². The molecular weight excluding hydrogens is 555 g/mol. The Morgan fingerprint density at radius 2 is 2.05 bits per heavy atom. The maximum absolute atomic E-state index is 15.1. The zero-order chi connectivity index (χ0) is 29.4. The van der Waals surface area contributed by atoms with Gasteiger partial charge in [0.2, 0.25) is 11.8 Å². The molecule has 2 fully saturated rings. The SMILES string of the molecule is C=CC(=O)N1CCN2C(=O)c3c(N4CC(=O)N(CCNC)C[C@@H]4C)nc(-c4c(O)cccc4F)c(Cl)c3OC[C@H]2C1. The van der Waals surface area contributed by atoms with Gasteiger partial charge in [0.25, 0.3) is 5.91 Å². The number of anilines is 1. The molecule has 2 atom stereocenters. The summed E-state index contributed by atoms with van der Waals surface area (Å²) in [6.07, 6.45) is 1.23. The van der Waals surface area contributed by atoms with E-state index in [-0.39, 0.29) is 83.3 Å². The molecule has 2 saturated heterocycles. The normalized spacial score (nSPS) is 20.8. The summed E-state index contributed by atoms with van der Waals surface area (Å²) in [5.41, 5.74) is -0.290. The Morgan fingerprint density at radius 3 is 2.76 bits per heavy atom. The molecule has 0 aliphatic carbocycles. The van der Waals surface area contributed by atoms with Gasteiger partial charge in [-0.15, -0.1) is 0 Å². The van der Waals surface area contributed by atoms with E-state index in [1.165, 1.54) is 24.3 Å². The second-order valence-corrected chi connectivity index (χ2v) is 10.7. The van der Waals surface area contributed by atoms with Crippen LogP contribution in [0.15, 0.2) is 30.9 Å². The first-order valence-electron chi connectivity index (χ1n) is 13.4. The number of hydrogen-bond acceptors (Lipinski definition) is 8. The number of nitrogens with one attached hydrogen (secondary N) is 1. The van der Waals surface area contributed by atoms with Crippen molar-refractivity contribution in [3.8, 4) is 22.8 Å². The van der Waals surface area contributed by atoms with Crippen LogP contribution >= 0.6 is 11.6 Å². The van der Waals surface area contributed by atoms with Crippen molar-refractivity contribution < 1.29 is 28.6 Å². The molecule has 5 rings (SSSR count). The highest BCUT2D eigenvalue weighted by molar-refractivity contribution is 6.35. The van der Waals surface area contributed by atoms with E-state index in [9.17, 15) is 19.5 Å².